The zero-order valence-electron chi connectivity index (χ0n) is 11.3. The van der Waals surface area contributed by atoms with Gasteiger partial charge in [-0.1, -0.05) is 25.4 Å². The molecule has 0 amide bonds. The number of nitrogens with zero attached hydrogens (tertiary/aromatic N) is 2. The van der Waals surface area contributed by atoms with Crippen molar-refractivity contribution in [3.63, 3.8) is 0 Å². The molecular weight excluding hydrogens is 425 g/mol. The smallest absolute Gasteiger partial charge is 0.172 e. The van der Waals surface area contributed by atoms with Crippen LogP contribution >= 0.6 is 54.8 Å². The Morgan fingerprint density at radius 1 is 1.35 bits per heavy atom. The number of thiophene rings is 1. The van der Waals surface area contributed by atoms with Crippen LogP contribution in [0.15, 0.2) is 15.0 Å². The summed E-state index contributed by atoms with van der Waals surface area (Å²) in [6.45, 7) is 7.08. The van der Waals surface area contributed by atoms with Crippen molar-refractivity contribution < 1.29 is 0 Å². The molecule has 2 aromatic rings. The second kappa shape index (κ2) is 6.73. The zero-order chi connectivity index (χ0) is 14.9. The molecule has 0 unspecified atom stereocenters. The molecule has 0 aromatic carbocycles. The van der Waals surface area contributed by atoms with Crippen molar-refractivity contribution in [2.45, 2.75) is 26.7 Å². The lowest BCUT2D eigenvalue weighted by Gasteiger charge is -2.13. The van der Waals surface area contributed by atoms with Crippen LogP contribution in [-0.4, -0.2) is 16.5 Å². The summed E-state index contributed by atoms with van der Waals surface area (Å²) in [6.07, 6.45) is 0. The van der Waals surface area contributed by atoms with Gasteiger partial charge in [-0.15, -0.1) is 11.3 Å². The van der Waals surface area contributed by atoms with Gasteiger partial charge in [-0.2, -0.15) is 0 Å². The molecule has 2 aromatic heterocycles. The van der Waals surface area contributed by atoms with E-state index in [2.05, 4.69) is 61.0 Å². The van der Waals surface area contributed by atoms with Crippen LogP contribution < -0.4 is 5.32 Å². The predicted molar refractivity (Wildman–Crippen MR) is 94.0 cm³/mol. The van der Waals surface area contributed by atoms with Crippen molar-refractivity contribution >= 4 is 60.6 Å². The topological polar surface area (TPSA) is 37.8 Å². The quantitative estimate of drug-likeness (QED) is 0.641. The van der Waals surface area contributed by atoms with E-state index in [-0.39, 0.29) is 0 Å². The lowest BCUT2D eigenvalue weighted by Crippen LogP contribution is -2.06. The average molecular weight is 440 g/mol. The van der Waals surface area contributed by atoms with Crippen molar-refractivity contribution in [2.24, 2.45) is 0 Å². The van der Waals surface area contributed by atoms with Crippen LogP contribution in [0.1, 0.15) is 32.4 Å². The van der Waals surface area contributed by atoms with Crippen LogP contribution in [0.4, 0.5) is 5.82 Å². The number of nitrogens with one attached hydrogen (secondary N) is 1. The highest BCUT2D eigenvalue weighted by molar-refractivity contribution is 9.11. The Morgan fingerprint density at radius 2 is 2.05 bits per heavy atom. The first-order valence-corrected chi connectivity index (χ1v) is 8.98. The molecule has 3 nitrogen and oxygen atoms in total. The van der Waals surface area contributed by atoms with E-state index >= 15 is 0 Å². The number of hydrogen-bond donors (Lipinski definition) is 1. The Balaban J connectivity index is 2.58. The Hall–Kier alpha value is -0.170. The van der Waals surface area contributed by atoms with Crippen molar-refractivity contribution in [1.29, 1.82) is 0 Å². The Kier molecular flexibility index (Phi) is 5.45. The van der Waals surface area contributed by atoms with Gasteiger partial charge < -0.3 is 5.32 Å². The Bertz CT molecular complexity index is 609. The molecule has 0 fully saturated rings. The van der Waals surface area contributed by atoms with Crippen molar-refractivity contribution in [2.75, 3.05) is 11.9 Å². The van der Waals surface area contributed by atoms with Crippen molar-refractivity contribution in [1.82, 2.24) is 9.97 Å². The number of aromatic nitrogens is 2. The van der Waals surface area contributed by atoms with Gasteiger partial charge in [0, 0.05) is 11.0 Å². The molecular formula is C13H14Br2ClN3S. The minimum atomic E-state index is 0.308. The molecule has 7 heteroatoms. The van der Waals surface area contributed by atoms with Gasteiger partial charge in [0.25, 0.3) is 0 Å². The van der Waals surface area contributed by atoms with Crippen molar-refractivity contribution in [3.05, 3.63) is 25.0 Å². The minimum Gasteiger partial charge on any atom is -0.369 e. The molecule has 0 aliphatic heterocycles. The van der Waals surface area contributed by atoms with Gasteiger partial charge in [-0.05, 0) is 50.8 Å². The SMILES string of the molecule is CCNc1nc(-c2cc(Br)c(Cl)s2)nc(C(C)C)c1Br. The second-order valence-electron chi connectivity index (χ2n) is 4.51. The molecule has 0 saturated heterocycles. The standard InChI is InChI=1S/C13H14Br2ClN3S/c1-4-17-13-9(15)10(6(2)3)18-12(19-13)8-5-7(14)11(16)20-8/h5-6H,4H2,1-3H3,(H,17,18,19). The molecule has 1 N–H and O–H groups in total. The summed E-state index contributed by atoms with van der Waals surface area (Å²) < 4.78 is 2.52. The third-order valence-corrected chi connectivity index (χ3v) is 5.89. The number of hydrogen-bond acceptors (Lipinski definition) is 4. The summed E-state index contributed by atoms with van der Waals surface area (Å²) in [5.74, 6) is 1.83. The maximum Gasteiger partial charge on any atom is 0.172 e. The molecule has 20 heavy (non-hydrogen) atoms. The van der Waals surface area contributed by atoms with E-state index in [1.165, 1.54) is 11.3 Å². The lowest BCUT2D eigenvalue weighted by atomic mass is 10.1. The van der Waals surface area contributed by atoms with Gasteiger partial charge in [-0.25, -0.2) is 9.97 Å². The highest BCUT2D eigenvalue weighted by Gasteiger charge is 2.17. The highest BCUT2D eigenvalue weighted by atomic mass is 79.9. The van der Waals surface area contributed by atoms with Crippen LogP contribution in [0.2, 0.25) is 4.34 Å². The summed E-state index contributed by atoms with van der Waals surface area (Å²) >= 11 is 14.6. The van der Waals surface area contributed by atoms with Crippen LogP contribution in [0.5, 0.6) is 0 Å². The largest absolute Gasteiger partial charge is 0.369 e. The summed E-state index contributed by atoms with van der Waals surface area (Å²) in [4.78, 5) is 10.2. The first kappa shape index (κ1) is 16.2. The third kappa shape index (κ3) is 3.35. The maximum atomic E-state index is 6.11. The summed E-state index contributed by atoms with van der Waals surface area (Å²) in [6, 6.07) is 1.95. The first-order valence-electron chi connectivity index (χ1n) is 6.20. The fourth-order valence-electron chi connectivity index (χ4n) is 1.70. The van der Waals surface area contributed by atoms with E-state index in [1.54, 1.807) is 0 Å². The molecule has 0 spiro atoms. The molecule has 0 aliphatic carbocycles. The average Bonchev–Trinajstić information content (AvgIpc) is 2.72. The van der Waals surface area contributed by atoms with Crippen LogP contribution in [0.3, 0.4) is 0 Å². The maximum absolute atomic E-state index is 6.11. The number of rotatable bonds is 4. The van der Waals surface area contributed by atoms with Crippen molar-refractivity contribution in [3.8, 4) is 10.7 Å². The molecule has 2 rings (SSSR count). The normalized spacial score (nSPS) is 11.2. The molecule has 2 heterocycles. The summed E-state index contributed by atoms with van der Waals surface area (Å²) in [5.41, 5.74) is 0.992. The Morgan fingerprint density at radius 3 is 2.55 bits per heavy atom. The zero-order valence-corrected chi connectivity index (χ0v) is 16.0. The number of anilines is 1. The lowest BCUT2D eigenvalue weighted by molar-refractivity contribution is 0.810. The summed E-state index contributed by atoms with van der Waals surface area (Å²) in [7, 11) is 0. The minimum absolute atomic E-state index is 0.308. The van der Waals surface area contributed by atoms with Crippen LogP contribution in [-0.2, 0) is 0 Å². The van der Waals surface area contributed by atoms with E-state index in [0.717, 1.165) is 31.9 Å². The summed E-state index contributed by atoms with van der Waals surface area (Å²) in [5, 5.41) is 3.26. The highest BCUT2D eigenvalue weighted by Crippen LogP contribution is 2.38. The third-order valence-electron chi connectivity index (χ3n) is 2.63. The van der Waals surface area contributed by atoms with Gasteiger partial charge in [0.15, 0.2) is 5.82 Å². The monoisotopic (exact) mass is 437 g/mol. The second-order valence-corrected chi connectivity index (χ2v) is 7.81. The van der Waals surface area contributed by atoms with E-state index in [1.807, 2.05) is 13.0 Å². The fourth-order valence-corrected chi connectivity index (χ4v) is 4.11. The number of halogens is 3. The van der Waals surface area contributed by atoms with Crippen LogP contribution in [0, 0.1) is 0 Å². The Labute approximate surface area is 144 Å². The fraction of sp³-hybridized carbons (Fsp3) is 0.385. The van der Waals surface area contributed by atoms with Gasteiger partial charge in [0.1, 0.15) is 10.2 Å². The molecule has 0 saturated carbocycles. The van der Waals surface area contributed by atoms with E-state index in [0.29, 0.717) is 16.1 Å². The van der Waals surface area contributed by atoms with Gasteiger partial charge in [0.05, 0.1) is 15.0 Å². The first-order chi connectivity index (χ1) is 9.43. The molecule has 0 radical (unpaired) electrons. The van der Waals surface area contributed by atoms with Crippen LogP contribution in [0.25, 0.3) is 10.7 Å². The van der Waals surface area contributed by atoms with Gasteiger partial charge in [0.2, 0.25) is 0 Å². The van der Waals surface area contributed by atoms with E-state index in [4.69, 9.17) is 11.6 Å². The molecule has 108 valence electrons. The molecule has 0 aliphatic rings. The van der Waals surface area contributed by atoms with E-state index < -0.39 is 0 Å². The van der Waals surface area contributed by atoms with E-state index in [9.17, 15) is 0 Å². The van der Waals surface area contributed by atoms with Gasteiger partial charge >= 0.3 is 0 Å². The molecule has 0 bridgehead atoms. The predicted octanol–water partition coefficient (Wildman–Crippen LogP) is 5.94. The molecule has 0 atom stereocenters. The van der Waals surface area contributed by atoms with Gasteiger partial charge in [-0.3, -0.25) is 0 Å².